The number of allylic oxidation sites excluding steroid dienone is 4. The third-order valence-electron chi connectivity index (χ3n) is 3.91. The Labute approximate surface area is 115 Å². The van der Waals surface area contributed by atoms with Crippen molar-refractivity contribution in [2.24, 2.45) is 5.41 Å². The maximum atomic E-state index is 4.09. The molecule has 1 spiro atoms. The predicted octanol–water partition coefficient (Wildman–Crippen LogP) is 6.45. The molecule has 0 heteroatoms. The van der Waals surface area contributed by atoms with Gasteiger partial charge >= 0.3 is 0 Å². The summed E-state index contributed by atoms with van der Waals surface area (Å²) in [5.74, 6) is 0. The minimum Gasteiger partial charge on any atom is -0.0958 e. The third-order valence-corrected chi connectivity index (χ3v) is 3.91. The SMILES string of the molecule is C=C(C)C1=C(C(=C)C)CC2(CCC2)C1.CC.CC. The first-order chi connectivity index (χ1) is 8.54. The molecule has 0 N–H and O–H groups in total. The van der Waals surface area contributed by atoms with Crippen molar-refractivity contribution < 1.29 is 0 Å². The van der Waals surface area contributed by atoms with Crippen molar-refractivity contribution in [3.63, 3.8) is 0 Å². The summed E-state index contributed by atoms with van der Waals surface area (Å²) in [6.07, 6.45) is 6.79. The Kier molecular flexibility index (Phi) is 7.28. The van der Waals surface area contributed by atoms with Crippen molar-refractivity contribution in [2.45, 2.75) is 73.6 Å². The summed E-state index contributed by atoms with van der Waals surface area (Å²) in [4.78, 5) is 0. The van der Waals surface area contributed by atoms with Crippen molar-refractivity contribution >= 4 is 0 Å². The van der Waals surface area contributed by atoms with Crippen LogP contribution >= 0.6 is 0 Å². The van der Waals surface area contributed by atoms with Gasteiger partial charge in [-0.15, -0.1) is 0 Å². The first-order valence-electron chi connectivity index (χ1n) is 7.58. The van der Waals surface area contributed by atoms with Crippen molar-refractivity contribution in [1.82, 2.24) is 0 Å². The Morgan fingerprint density at radius 3 is 1.33 bits per heavy atom. The highest BCUT2D eigenvalue weighted by molar-refractivity contribution is 5.46. The molecule has 0 amide bonds. The maximum Gasteiger partial charge on any atom is -0.0214 e. The van der Waals surface area contributed by atoms with E-state index in [-0.39, 0.29) is 0 Å². The zero-order valence-corrected chi connectivity index (χ0v) is 13.4. The molecule has 104 valence electrons. The Bertz CT molecular complexity index is 296. The lowest BCUT2D eigenvalue weighted by atomic mass is 9.66. The molecule has 0 aromatic carbocycles. The maximum absolute atomic E-state index is 4.09. The van der Waals surface area contributed by atoms with Gasteiger partial charge in [0, 0.05) is 0 Å². The lowest BCUT2D eigenvalue weighted by molar-refractivity contribution is 0.149. The van der Waals surface area contributed by atoms with E-state index in [0.717, 1.165) is 0 Å². The van der Waals surface area contributed by atoms with Gasteiger partial charge in [-0.1, -0.05) is 58.4 Å². The number of hydrogen-bond donors (Lipinski definition) is 0. The molecule has 2 rings (SSSR count). The lowest BCUT2D eigenvalue weighted by Crippen LogP contribution is -2.26. The zero-order valence-electron chi connectivity index (χ0n) is 13.4. The van der Waals surface area contributed by atoms with Crippen LogP contribution in [0.2, 0.25) is 0 Å². The van der Waals surface area contributed by atoms with Crippen LogP contribution in [0.1, 0.15) is 73.6 Å². The largest absolute Gasteiger partial charge is 0.0958 e. The monoisotopic (exact) mass is 248 g/mol. The fourth-order valence-corrected chi connectivity index (χ4v) is 2.87. The molecule has 2 aliphatic carbocycles. The van der Waals surface area contributed by atoms with Crippen molar-refractivity contribution in [1.29, 1.82) is 0 Å². The van der Waals surface area contributed by atoms with Gasteiger partial charge in [0.2, 0.25) is 0 Å². The molecular formula is C18H32. The van der Waals surface area contributed by atoms with Crippen molar-refractivity contribution in [3.8, 4) is 0 Å². The van der Waals surface area contributed by atoms with Gasteiger partial charge in [-0.25, -0.2) is 0 Å². The fourth-order valence-electron chi connectivity index (χ4n) is 2.87. The van der Waals surface area contributed by atoms with Crippen LogP contribution in [0.5, 0.6) is 0 Å². The predicted molar refractivity (Wildman–Crippen MR) is 84.9 cm³/mol. The van der Waals surface area contributed by atoms with Crippen LogP contribution in [0.3, 0.4) is 0 Å². The molecule has 0 unspecified atom stereocenters. The Balaban J connectivity index is 0.000000659. The number of rotatable bonds is 2. The Hall–Kier alpha value is -0.780. The summed E-state index contributed by atoms with van der Waals surface area (Å²) < 4.78 is 0. The van der Waals surface area contributed by atoms with Crippen LogP contribution in [0.25, 0.3) is 0 Å². The normalized spacial score (nSPS) is 19.2. The highest BCUT2D eigenvalue weighted by Crippen LogP contribution is 2.57. The molecule has 0 bridgehead atoms. The highest BCUT2D eigenvalue weighted by atomic mass is 14.5. The van der Waals surface area contributed by atoms with Crippen LogP contribution in [-0.2, 0) is 0 Å². The Morgan fingerprint density at radius 2 is 1.17 bits per heavy atom. The second kappa shape index (κ2) is 7.61. The summed E-state index contributed by atoms with van der Waals surface area (Å²) in [5, 5.41) is 0. The van der Waals surface area contributed by atoms with Gasteiger partial charge < -0.3 is 0 Å². The molecule has 1 fully saturated rings. The quantitative estimate of drug-likeness (QED) is 0.526. The average molecular weight is 248 g/mol. The highest BCUT2D eigenvalue weighted by Gasteiger charge is 2.43. The van der Waals surface area contributed by atoms with E-state index in [4.69, 9.17) is 0 Å². The van der Waals surface area contributed by atoms with Gasteiger partial charge in [0.1, 0.15) is 0 Å². The summed E-state index contributed by atoms with van der Waals surface area (Å²) in [6.45, 7) is 20.5. The van der Waals surface area contributed by atoms with Crippen LogP contribution < -0.4 is 0 Å². The van der Waals surface area contributed by atoms with E-state index in [1.165, 1.54) is 54.4 Å². The molecule has 0 aromatic heterocycles. The molecule has 0 saturated heterocycles. The van der Waals surface area contributed by atoms with Gasteiger partial charge in [0.15, 0.2) is 0 Å². The van der Waals surface area contributed by atoms with Crippen LogP contribution in [-0.4, -0.2) is 0 Å². The zero-order chi connectivity index (χ0) is 14.3. The molecule has 0 nitrogen and oxygen atoms in total. The summed E-state index contributed by atoms with van der Waals surface area (Å²) in [7, 11) is 0. The summed E-state index contributed by atoms with van der Waals surface area (Å²) >= 11 is 0. The van der Waals surface area contributed by atoms with Crippen LogP contribution in [0.4, 0.5) is 0 Å². The standard InChI is InChI=1S/C14H20.2C2H6/c1-10(2)12-8-14(6-5-7-14)9-13(12)11(3)4;2*1-2/h1,3,5-9H2,2,4H3;2*1-2H3. The minimum atomic E-state index is 0.628. The first kappa shape index (κ1) is 17.2. The second-order valence-electron chi connectivity index (χ2n) is 5.22. The number of hydrogen-bond acceptors (Lipinski definition) is 0. The van der Waals surface area contributed by atoms with E-state index in [0.29, 0.717) is 5.41 Å². The molecule has 0 atom stereocenters. The van der Waals surface area contributed by atoms with E-state index < -0.39 is 0 Å². The van der Waals surface area contributed by atoms with Crippen molar-refractivity contribution in [2.75, 3.05) is 0 Å². The topological polar surface area (TPSA) is 0 Å². The van der Waals surface area contributed by atoms with E-state index in [2.05, 4.69) is 27.0 Å². The van der Waals surface area contributed by atoms with E-state index in [1.54, 1.807) is 0 Å². The molecule has 0 aromatic rings. The van der Waals surface area contributed by atoms with Gasteiger partial charge in [0.25, 0.3) is 0 Å². The van der Waals surface area contributed by atoms with E-state index >= 15 is 0 Å². The molecule has 0 heterocycles. The molecule has 0 radical (unpaired) electrons. The average Bonchev–Trinajstić information content (AvgIpc) is 2.75. The van der Waals surface area contributed by atoms with Crippen LogP contribution in [0, 0.1) is 5.41 Å². The van der Waals surface area contributed by atoms with E-state index in [1.807, 2.05) is 27.7 Å². The summed E-state index contributed by atoms with van der Waals surface area (Å²) in [5.41, 5.74) is 6.16. The van der Waals surface area contributed by atoms with Gasteiger partial charge in [0.05, 0.1) is 0 Å². The molecule has 1 saturated carbocycles. The fraction of sp³-hybridized carbons (Fsp3) is 0.667. The third kappa shape index (κ3) is 3.60. The van der Waals surface area contributed by atoms with Gasteiger partial charge in [-0.2, -0.15) is 0 Å². The lowest BCUT2D eigenvalue weighted by Gasteiger charge is -2.39. The van der Waals surface area contributed by atoms with Gasteiger partial charge in [-0.3, -0.25) is 0 Å². The van der Waals surface area contributed by atoms with Crippen LogP contribution in [0.15, 0.2) is 35.5 Å². The molecule has 0 aliphatic heterocycles. The molecule has 18 heavy (non-hydrogen) atoms. The molecule has 2 aliphatic rings. The smallest absolute Gasteiger partial charge is 0.0214 e. The Morgan fingerprint density at radius 1 is 0.833 bits per heavy atom. The minimum absolute atomic E-state index is 0.628. The van der Waals surface area contributed by atoms with Gasteiger partial charge in [-0.05, 0) is 56.1 Å². The second-order valence-corrected chi connectivity index (χ2v) is 5.22. The molecular weight excluding hydrogens is 216 g/mol. The summed E-state index contributed by atoms with van der Waals surface area (Å²) in [6, 6.07) is 0. The van der Waals surface area contributed by atoms with Crippen molar-refractivity contribution in [3.05, 3.63) is 35.5 Å². The first-order valence-corrected chi connectivity index (χ1v) is 7.58. The van der Waals surface area contributed by atoms with E-state index in [9.17, 15) is 0 Å².